The molecule has 1 unspecified atom stereocenters. The van der Waals surface area contributed by atoms with Crippen LogP contribution in [-0.4, -0.2) is 52.7 Å². The van der Waals surface area contributed by atoms with Gasteiger partial charge >= 0.3 is 0 Å². The molecule has 2 fully saturated rings. The molecule has 4 heterocycles. The predicted octanol–water partition coefficient (Wildman–Crippen LogP) is 1.92. The maximum atomic E-state index is 12.5. The molecule has 2 aromatic heterocycles. The lowest BCUT2D eigenvalue weighted by atomic mass is 9.81. The van der Waals surface area contributed by atoms with Gasteiger partial charge in [0.15, 0.2) is 0 Å². The number of aromatic nitrogens is 2. The number of carbonyl (C=O) groups is 1. The van der Waals surface area contributed by atoms with Crippen LogP contribution >= 0.6 is 0 Å². The standard InChI is InChI=1S/C19H21N3O3/c23-18(16-2-1-6-21-10-16)22-13-19(14-22)17(5-9-25-19)12-24-11-15-3-7-20-8-4-15/h1-4,6-8,10,17H,5,9,11-14H2. The third kappa shape index (κ3) is 3.27. The van der Waals surface area contributed by atoms with Gasteiger partial charge in [0.2, 0.25) is 0 Å². The summed E-state index contributed by atoms with van der Waals surface area (Å²) in [6, 6.07) is 7.49. The van der Waals surface area contributed by atoms with Crippen LogP contribution < -0.4 is 0 Å². The van der Waals surface area contributed by atoms with Crippen molar-refractivity contribution in [1.29, 1.82) is 0 Å². The van der Waals surface area contributed by atoms with Gasteiger partial charge in [-0.15, -0.1) is 0 Å². The van der Waals surface area contributed by atoms with Crippen molar-refractivity contribution < 1.29 is 14.3 Å². The predicted molar refractivity (Wildman–Crippen MR) is 90.8 cm³/mol. The molecule has 0 saturated carbocycles. The van der Waals surface area contributed by atoms with Gasteiger partial charge in [0.05, 0.1) is 31.9 Å². The Morgan fingerprint density at radius 2 is 2.08 bits per heavy atom. The summed E-state index contributed by atoms with van der Waals surface area (Å²) in [4.78, 5) is 22.3. The largest absolute Gasteiger partial charge is 0.376 e. The second kappa shape index (κ2) is 6.90. The lowest BCUT2D eigenvalue weighted by Crippen LogP contribution is -2.66. The molecule has 2 aliphatic heterocycles. The Bertz CT molecular complexity index is 717. The maximum Gasteiger partial charge on any atom is 0.255 e. The van der Waals surface area contributed by atoms with Gasteiger partial charge in [-0.2, -0.15) is 0 Å². The molecule has 0 bridgehead atoms. The van der Waals surface area contributed by atoms with Crippen molar-refractivity contribution in [3.05, 3.63) is 60.2 Å². The van der Waals surface area contributed by atoms with Crippen molar-refractivity contribution in [2.45, 2.75) is 18.6 Å². The van der Waals surface area contributed by atoms with Gasteiger partial charge in [-0.25, -0.2) is 0 Å². The van der Waals surface area contributed by atoms with E-state index in [1.807, 2.05) is 17.0 Å². The minimum absolute atomic E-state index is 0.0191. The van der Waals surface area contributed by atoms with E-state index in [1.165, 1.54) is 0 Å². The summed E-state index contributed by atoms with van der Waals surface area (Å²) in [5, 5.41) is 0. The van der Waals surface area contributed by atoms with Crippen LogP contribution in [0.5, 0.6) is 0 Å². The molecule has 130 valence electrons. The van der Waals surface area contributed by atoms with Gasteiger partial charge in [-0.05, 0) is 36.2 Å². The number of carbonyl (C=O) groups excluding carboxylic acids is 1. The number of nitrogens with zero attached hydrogens (tertiary/aromatic N) is 3. The summed E-state index contributed by atoms with van der Waals surface area (Å²) in [5.41, 5.74) is 1.50. The molecule has 2 aliphatic rings. The van der Waals surface area contributed by atoms with Crippen molar-refractivity contribution in [3.63, 3.8) is 0 Å². The van der Waals surface area contributed by atoms with Crippen molar-refractivity contribution in [2.24, 2.45) is 5.92 Å². The van der Waals surface area contributed by atoms with Crippen molar-refractivity contribution in [2.75, 3.05) is 26.3 Å². The van der Waals surface area contributed by atoms with Crippen LogP contribution in [0.2, 0.25) is 0 Å². The highest BCUT2D eigenvalue weighted by molar-refractivity contribution is 5.94. The highest BCUT2D eigenvalue weighted by Crippen LogP contribution is 2.40. The van der Waals surface area contributed by atoms with E-state index in [2.05, 4.69) is 9.97 Å². The van der Waals surface area contributed by atoms with Gasteiger partial charge in [-0.3, -0.25) is 14.8 Å². The van der Waals surface area contributed by atoms with E-state index in [-0.39, 0.29) is 11.5 Å². The van der Waals surface area contributed by atoms with E-state index in [0.717, 1.165) is 18.6 Å². The lowest BCUT2D eigenvalue weighted by molar-refractivity contribution is -0.129. The summed E-state index contributed by atoms with van der Waals surface area (Å²) in [6.07, 6.45) is 7.80. The van der Waals surface area contributed by atoms with Crippen LogP contribution in [-0.2, 0) is 16.1 Å². The average molecular weight is 339 g/mol. The second-order valence-corrected chi connectivity index (χ2v) is 6.67. The van der Waals surface area contributed by atoms with Crippen LogP contribution in [0.3, 0.4) is 0 Å². The molecule has 2 aromatic rings. The molecule has 4 rings (SSSR count). The number of hydrogen-bond acceptors (Lipinski definition) is 5. The van der Waals surface area contributed by atoms with Gasteiger partial charge in [0.25, 0.3) is 5.91 Å². The molecule has 0 radical (unpaired) electrons. The molecule has 0 N–H and O–H groups in total. The number of pyridine rings is 2. The summed E-state index contributed by atoms with van der Waals surface area (Å²) in [7, 11) is 0. The number of likely N-dealkylation sites (tertiary alicyclic amines) is 1. The molecular formula is C19H21N3O3. The normalized spacial score (nSPS) is 21.3. The fourth-order valence-corrected chi connectivity index (χ4v) is 3.58. The molecule has 1 spiro atoms. The van der Waals surface area contributed by atoms with Gasteiger partial charge in [0.1, 0.15) is 5.60 Å². The zero-order chi connectivity index (χ0) is 17.1. The second-order valence-electron chi connectivity index (χ2n) is 6.67. The molecular weight excluding hydrogens is 318 g/mol. The summed E-state index contributed by atoms with van der Waals surface area (Å²) in [5.74, 6) is 0.345. The van der Waals surface area contributed by atoms with E-state index >= 15 is 0 Å². The Morgan fingerprint density at radius 3 is 2.84 bits per heavy atom. The van der Waals surface area contributed by atoms with Gasteiger partial charge < -0.3 is 14.4 Å². The summed E-state index contributed by atoms with van der Waals surface area (Å²) >= 11 is 0. The van der Waals surface area contributed by atoms with Crippen LogP contribution in [0.15, 0.2) is 49.1 Å². The number of ether oxygens (including phenoxy) is 2. The lowest BCUT2D eigenvalue weighted by Gasteiger charge is -2.50. The average Bonchev–Trinajstić information content (AvgIpc) is 3.05. The fourth-order valence-electron chi connectivity index (χ4n) is 3.58. The SMILES string of the molecule is O=C(c1cccnc1)N1CC2(C1)OCCC2COCc1ccncc1. The maximum absolute atomic E-state index is 12.5. The molecule has 0 aromatic carbocycles. The third-order valence-corrected chi connectivity index (χ3v) is 5.05. The number of amides is 1. The smallest absolute Gasteiger partial charge is 0.255 e. The topological polar surface area (TPSA) is 64.6 Å². The zero-order valence-corrected chi connectivity index (χ0v) is 14.0. The van der Waals surface area contributed by atoms with E-state index < -0.39 is 0 Å². The Balaban J connectivity index is 1.31. The zero-order valence-electron chi connectivity index (χ0n) is 14.0. The first-order chi connectivity index (χ1) is 12.3. The molecule has 1 atom stereocenters. The van der Waals surface area contributed by atoms with Crippen molar-refractivity contribution in [3.8, 4) is 0 Å². The third-order valence-electron chi connectivity index (χ3n) is 5.05. The summed E-state index contributed by atoms with van der Waals surface area (Å²) in [6.45, 7) is 3.22. The quantitative estimate of drug-likeness (QED) is 0.833. The van der Waals surface area contributed by atoms with Crippen LogP contribution in [0.4, 0.5) is 0 Å². The number of hydrogen-bond donors (Lipinski definition) is 0. The van der Waals surface area contributed by atoms with E-state index in [4.69, 9.17) is 9.47 Å². The minimum atomic E-state index is -0.240. The van der Waals surface area contributed by atoms with Gasteiger partial charge in [-0.1, -0.05) is 0 Å². The molecule has 1 amide bonds. The Labute approximate surface area is 146 Å². The fraction of sp³-hybridized carbons (Fsp3) is 0.421. The molecule has 0 aliphatic carbocycles. The molecule has 25 heavy (non-hydrogen) atoms. The minimum Gasteiger partial charge on any atom is -0.376 e. The van der Waals surface area contributed by atoms with Gasteiger partial charge in [0, 0.05) is 37.3 Å². The first kappa shape index (κ1) is 16.2. The highest BCUT2D eigenvalue weighted by atomic mass is 16.5. The number of rotatable bonds is 5. The first-order valence-corrected chi connectivity index (χ1v) is 8.57. The van der Waals surface area contributed by atoms with Crippen LogP contribution in [0.1, 0.15) is 22.3 Å². The molecule has 2 saturated heterocycles. The Morgan fingerprint density at radius 1 is 1.24 bits per heavy atom. The summed E-state index contributed by atoms with van der Waals surface area (Å²) < 4.78 is 11.9. The van der Waals surface area contributed by atoms with E-state index in [0.29, 0.717) is 37.8 Å². The van der Waals surface area contributed by atoms with Crippen molar-refractivity contribution >= 4 is 5.91 Å². The molecule has 6 nitrogen and oxygen atoms in total. The molecule has 6 heteroatoms. The Kier molecular flexibility index (Phi) is 4.46. The Hall–Kier alpha value is -2.31. The first-order valence-electron chi connectivity index (χ1n) is 8.57. The van der Waals surface area contributed by atoms with E-state index in [1.54, 1.807) is 36.9 Å². The highest BCUT2D eigenvalue weighted by Gasteiger charge is 2.54. The van der Waals surface area contributed by atoms with Crippen LogP contribution in [0.25, 0.3) is 0 Å². The van der Waals surface area contributed by atoms with Crippen LogP contribution in [0, 0.1) is 5.92 Å². The van der Waals surface area contributed by atoms with E-state index in [9.17, 15) is 4.79 Å². The van der Waals surface area contributed by atoms with Crippen molar-refractivity contribution in [1.82, 2.24) is 14.9 Å². The monoisotopic (exact) mass is 339 g/mol.